The summed E-state index contributed by atoms with van der Waals surface area (Å²) in [5, 5.41) is 9.91. The van der Waals surface area contributed by atoms with Gasteiger partial charge >= 0.3 is 5.97 Å². The van der Waals surface area contributed by atoms with Crippen molar-refractivity contribution in [1.29, 1.82) is 0 Å². The minimum atomic E-state index is -0.714. The van der Waals surface area contributed by atoms with Crippen LogP contribution in [0.1, 0.15) is 66.2 Å². The minimum Gasteiger partial charge on any atom is -0.478 e. The molecule has 2 saturated carbocycles. The van der Waals surface area contributed by atoms with Gasteiger partial charge in [0.2, 0.25) is 0 Å². The summed E-state index contributed by atoms with van der Waals surface area (Å²) in [6, 6.07) is 0. The van der Waals surface area contributed by atoms with E-state index in [9.17, 15) is 9.90 Å². The summed E-state index contributed by atoms with van der Waals surface area (Å²) in [5.74, 6) is 2.13. The van der Waals surface area contributed by atoms with Gasteiger partial charge in [-0.1, -0.05) is 51.2 Å². The number of carbonyl (C=O) groups is 1. The molecule has 8 unspecified atom stereocenters. The number of carboxylic acid groups (broad SMARTS) is 1. The highest BCUT2D eigenvalue weighted by Gasteiger charge is 2.58. The molecule has 2 heteroatoms. The van der Waals surface area contributed by atoms with Crippen LogP contribution in [-0.4, -0.2) is 11.1 Å². The lowest BCUT2D eigenvalue weighted by Crippen LogP contribution is -2.48. The Morgan fingerprint density at radius 1 is 1.19 bits per heavy atom. The zero-order valence-electron chi connectivity index (χ0n) is 17.5. The van der Waals surface area contributed by atoms with Gasteiger partial charge in [-0.15, -0.1) is 0 Å². The summed E-state index contributed by atoms with van der Waals surface area (Å²) in [6.45, 7) is 13.9. The fourth-order valence-electron chi connectivity index (χ4n) is 7.52. The van der Waals surface area contributed by atoms with Crippen LogP contribution in [0, 0.1) is 46.3 Å². The van der Waals surface area contributed by atoms with E-state index in [2.05, 4.69) is 52.5 Å². The SMILES string of the molecule is C=C(C)C1CCC2(C)CCC3(C)CC4C(C)C=CC4C(C(=O)O)=CCC3C12. The maximum Gasteiger partial charge on any atom is 0.331 e. The van der Waals surface area contributed by atoms with Crippen LogP contribution in [0.25, 0.3) is 0 Å². The van der Waals surface area contributed by atoms with E-state index < -0.39 is 5.97 Å². The molecule has 0 bridgehead atoms. The Bertz CT molecular complexity index is 716. The van der Waals surface area contributed by atoms with Gasteiger partial charge in [0.25, 0.3) is 0 Å². The van der Waals surface area contributed by atoms with Gasteiger partial charge in [-0.2, -0.15) is 0 Å². The van der Waals surface area contributed by atoms with Crippen LogP contribution in [-0.2, 0) is 4.79 Å². The van der Waals surface area contributed by atoms with Gasteiger partial charge < -0.3 is 5.11 Å². The Morgan fingerprint density at radius 3 is 2.56 bits per heavy atom. The van der Waals surface area contributed by atoms with E-state index in [1.54, 1.807) is 0 Å². The molecular formula is C25H36O2. The average Bonchev–Trinajstić information content (AvgIpc) is 3.10. The highest BCUT2D eigenvalue weighted by atomic mass is 16.4. The second-order valence-electron chi connectivity index (χ2n) is 10.8. The molecular weight excluding hydrogens is 332 g/mol. The third-order valence-electron chi connectivity index (χ3n) is 9.15. The third kappa shape index (κ3) is 2.86. The van der Waals surface area contributed by atoms with Crippen molar-refractivity contribution >= 4 is 5.97 Å². The van der Waals surface area contributed by atoms with Crippen LogP contribution >= 0.6 is 0 Å². The lowest BCUT2D eigenvalue weighted by molar-refractivity contribution is -0.133. The summed E-state index contributed by atoms with van der Waals surface area (Å²) in [5.41, 5.74) is 2.71. The van der Waals surface area contributed by atoms with Crippen LogP contribution in [0.3, 0.4) is 0 Å². The van der Waals surface area contributed by atoms with Gasteiger partial charge in [-0.25, -0.2) is 4.79 Å². The molecule has 0 aromatic carbocycles. The highest BCUT2D eigenvalue weighted by molar-refractivity contribution is 5.87. The van der Waals surface area contributed by atoms with Gasteiger partial charge in [0.05, 0.1) is 0 Å². The monoisotopic (exact) mass is 368 g/mol. The molecule has 0 aromatic heterocycles. The van der Waals surface area contributed by atoms with Crippen LogP contribution in [0.15, 0.2) is 36.0 Å². The van der Waals surface area contributed by atoms with Crippen molar-refractivity contribution in [2.24, 2.45) is 46.3 Å². The van der Waals surface area contributed by atoms with Crippen molar-refractivity contribution < 1.29 is 9.90 Å². The first-order chi connectivity index (χ1) is 12.7. The maximum atomic E-state index is 12.1. The standard InChI is InChI=1S/C25H36O2/c1-15(2)17-10-11-24(4)12-13-25(5)14-20-16(3)6-7-18(20)19(23(26)27)8-9-21(25)22(17)24/h6-8,16-18,20-22H,1,9-14H2,2-5H3,(H,26,27). The van der Waals surface area contributed by atoms with Crippen LogP contribution in [0.2, 0.25) is 0 Å². The Hall–Kier alpha value is -1.31. The number of aliphatic carboxylic acids is 1. The predicted molar refractivity (Wildman–Crippen MR) is 110 cm³/mol. The Morgan fingerprint density at radius 2 is 1.89 bits per heavy atom. The summed E-state index contributed by atoms with van der Waals surface area (Å²) in [4.78, 5) is 12.1. The zero-order valence-corrected chi connectivity index (χ0v) is 17.5. The first kappa shape index (κ1) is 19.0. The van der Waals surface area contributed by atoms with Crippen LogP contribution < -0.4 is 0 Å². The molecule has 4 aliphatic rings. The fraction of sp³-hybridized carbons (Fsp3) is 0.720. The van der Waals surface area contributed by atoms with Crippen molar-refractivity contribution in [1.82, 2.24) is 0 Å². The number of fused-ring (bicyclic) bond motifs is 4. The number of rotatable bonds is 2. The predicted octanol–water partition coefficient (Wildman–Crippen LogP) is 6.25. The Balaban J connectivity index is 1.78. The van der Waals surface area contributed by atoms with E-state index in [-0.39, 0.29) is 5.92 Å². The molecule has 0 saturated heterocycles. The Labute approximate surface area is 164 Å². The molecule has 1 N–H and O–H groups in total. The second-order valence-corrected chi connectivity index (χ2v) is 10.8. The molecule has 0 heterocycles. The molecule has 0 spiro atoms. The topological polar surface area (TPSA) is 37.3 Å². The molecule has 2 nitrogen and oxygen atoms in total. The van der Waals surface area contributed by atoms with E-state index in [0.29, 0.717) is 46.0 Å². The molecule has 8 atom stereocenters. The Kier molecular flexibility index (Phi) is 4.48. The third-order valence-corrected chi connectivity index (χ3v) is 9.15. The summed E-state index contributed by atoms with van der Waals surface area (Å²) >= 11 is 0. The van der Waals surface area contributed by atoms with Crippen molar-refractivity contribution in [3.63, 3.8) is 0 Å². The molecule has 148 valence electrons. The van der Waals surface area contributed by atoms with Gasteiger partial charge in [0.15, 0.2) is 0 Å². The summed E-state index contributed by atoms with van der Waals surface area (Å²) in [6.07, 6.45) is 13.8. The van der Waals surface area contributed by atoms with E-state index in [1.807, 2.05) is 0 Å². The molecule has 0 aliphatic heterocycles. The van der Waals surface area contributed by atoms with E-state index in [1.165, 1.54) is 31.3 Å². The normalized spacial score (nSPS) is 48.7. The van der Waals surface area contributed by atoms with Gasteiger partial charge in [0.1, 0.15) is 0 Å². The first-order valence-electron chi connectivity index (χ1n) is 10.9. The summed E-state index contributed by atoms with van der Waals surface area (Å²) < 4.78 is 0. The maximum absolute atomic E-state index is 12.1. The fourth-order valence-corrected chi connectivity index (χ4v) is 7.52. The lowest BCUT2D eigenvalue weighted by atomic mass is 9.49. The zero-order chi connectivity index (χ0) is 19.6. The molecule has 27 heavy (non-hydrogen) atoms. The molecule has 0 aromatic rings. The molecule has 0 amide bonds. The number of carboxylic acids is 1. The minimum absolute atomic E-state index is 0.101. The quantitative estimate of drug-likeness (QED) is 0.585. The van der Waals surface area contributed by atoms with Crippen LogP contribution in [0.5, 0.6) is 0 Å². The largest absolute Gasteiger partial charge is 0.478 e. The van der Waals surface area contributed by atoms with Gasteiger partial charge in [0, 0.05) is 11.5 Å². The van der Waals surface area contributed by atoms with Gasteiger partial charge in [-0.05, 0) is 85.9 Å². The smallest absolute Gasteiger partial charge is 0.331 e. The van der Waals surface area contributed by atoms with E-state index in [0.717, 1.165) is 12.8 Å². The summed E-state index contributed by atoms with van der Waals surface area (Å²) in [7, 11) is 0. The second kappa shape index (κ2) is 6.36. The van der Waals surface area contributed by atoms with Crippen molar-refractivity contribution in [2.45, 2.75) is 66.2 Å². The average molecular weight is 369 g/mol. The van der Waals surface area contributed by atoms with Crippen molar-refractivity contribution in [3.8, 4) is 0 Å². The van der Waals surface area contributed by atoms with Gasteiger partial charge in [-0.3, -0.25) is 0 Å². The molecule has 2 fully saturated rings. The van der Waals surface area contributed by atoms with Crippen molar-refractivity contribution in [2.75, 3.05) is 0 Å². The molecule has 0 radical (unpaired) electrons. The molecule has 4 rings (SSSR count). The molecule has 4 aliphatic carbocycles. The first-order valence-corrected chi connectivity index (χ1v) is 10.9. The number of hydrogen-bond donors (Lipinski definition) is 1. The van der Waals surface area contributed by atoms with Crippen LogP contribution in [0.4, 0.5) is 0 Å². The highest BCUT2D eigenvalue weighted by Crippen LogP contribution is 2.66. The number of hydrogen-bond acceptors (Lipinski definition) is 1. The number of allylic oxidation sites excluding steroid dienone is 4. The lowest BCUT2D eigenvalue weighted by Gasteiger charge is -2.56. The van der Waals surface area contributed by atoms with E-state index in [4.69, 9.17) is 0 Å². The van der Waals surface area contributed by atoms with Crippen molar-refractivity contribution in [3.05, 3.63) is 36.0 Å². The van der Waals surface area contributed by atoms with E-state index >= 15 is 0 Å².